The van der Waals surface area contributed by atoms with Crippen molar-refractivity contribution < 1.29 is 8.42 Å². The molecule has 0 amide bonds. The first-order valence-electron chi connectivity index (χ1n) is 6.28. The number of piperazine rings is 1. The molecule has 1 unspecified atom stereocenters. The quantitative estimate of drug-likeness (QED) is 0.703. The van der Waals surface area contributed by atoms with Gasteiger partial charge in [-0.25, -0.2) is 8.42 Å². The predicted octanol–water partition coefficient (Wildman–Crippen LogP) is -0.545. The van der Waals surface area contributed by atoms with Crippen LogP contribution in [0.25, 0.3) is 0 Å². The molecule has 0 aromatic carbocycles. The van der Waals surface area contributed by atoms with E-state index in [0.717, 1.165) is 32.6 Å². The highest BCUT2D eigenvalue weighted by Gasteiger charge is 2.23. The summed E-state index contributed by atoms with van der Waals surface area (Å²) >= 11 is 0. The minimum absolute atomic E-state index is 0.108. The third-order valence-corrected chi connectivity index (χ3v) is 4.44. The van der Waals surface area contributed by atoms with Gasteiger partial charge in [0.25, 0.3) is 0 Å². The molecule has 1 atom stereocenters. The van der Waals surface area contributed by atoms with E-state index in [4.69, 9.17) is 5.26 Å². The number of rotatable bonds is 6. The lowest BCUT2D eigenvalue weighted by atomic mass is 10.2. The Hall–Kier alpha value is -0.680. The van der Waals surface area contributed by atoms with Crippen LogP contribution in [0.2, 0.25) is 0 Å². The number of nitriles is 1. The van der Waals surface area contributed by atoms with Gasteiger partial charge < -0.3 is 10.2 Å². The molecule has 0 radical (unpaired) electrons. The van der Waals surface area contributed by atoms with E-state index in [1.807, 2.05) is 6.92 Å². The normalized spacial score (nSPS) is 20.5. The molecule has 1 rings (SSSR count). The van der Waals surface area contributed by atoms with Gasteiger partial charge in [0, 0.05) is 32.7 Å². The lowest BCUT2D eigenvalue weighted by Crippen LogP contribution is -2.49. The van der Waals surface area contributed by atoms with Crippen LogP contribution in [0.3, 0.4) is 0 Å². The lowest BCUT2D eigenvalue weighted by molar-refractivity contribution is 0.184. The maximum absolute atomic E-state index is 11.3. The molecule has 0 aliphatic carbocycles. The van der Waals surface area contributed by atoms with Crippen molar-refractivity contribution in [1.29, 1.82) is 5.26 Å². The Morgan fingerprint density at radius 2 is 1.94 bits per heavy atom. The Balaban J connectivity index is 2.30. The van der Waals surface area contributed by atoms with Gasteiger partial charge in [-0.15, -0.1) is 0 Å². The third-order valence-electron chi connectivity index (χ3n) is 3.14. The van der Waals surface area contributed by atoms with Gasteiger partial charge in [0.15, 0.2) is 0 Å². The first-order chi connectivity index (χ1) is 8.47. The highest BCUT2D eigenvalue weighted by Crippen LogP contribution is 2.07. The van der Waals surface area contributed by atoms with Crippen molar-refractivity contribution in [3.63, 3.8) is 0 Å². The minimum Gasteiger partial charge on any atom is -0.302 e. The minimum atomic E-state index is -3.05. The summed E-state index contributed by atoms with van der Waals surface area (Å²) < 4.78 is 24.2. The van der Waals surface area contributed by atoms with Crippen LogP contribution in [0.1, 0.15) is 13.3 Å². The van der Waals surface area contributed by atoms with Crippen LogP contribution in [0, 0.1) is 11.3 Å². The van der Waals surface area contributed by atoms with Crippen molar-refractivity contribution in [2.75, 3.05) is 45.5 Å². The molecular weight excluding hydrogens is 252 g/mol. The Kier molecular flexibility index (Phi) is 6.02. The molecule has 1 N–H and O–H groups in total. The van der Waals surface area contributed by atoms with E-state index < -0.39 is 10.0 Å². The second-order valence-electron chi connectivity index (χ2n) is 4.53. The van der Waals surface area contributed by atoms with Crippen molar-refractivity contribution in [1.82, 2.24) is 14.5 Å². The van der Waals surface area contributed by atoms with Crippen LogP contribution in [-0.4, -0.2) is 69.2 Å². The number of nitrogens with zero attached hydrogens (tertiary/aromatic N) is 3. The van der Waals surface area contributed by atoms with E-state index in [9.17, 15) is 8.42 Å². The third kappa shape index (κ3) is 4.90. The van der Waals surface area contributed by atoms with Gasteiger partial charge in [-0.05, 0) is 13.0 Å². The maximum atomic E-state index is 11.3. The van der Waals surface area contributed by atoms with Gasteiger partial charge in [-0.3, -0.25) is 0 Å². The molecule has 0 aromatic heterocycles. The topological polar surface area (TPSA) is 76.4 Å². The summed E-state index contributed by atoms with van der Waals surface area (Å²) in [4.78, 5) is 2.21. The summed E-state index contributed by atoms with van der Waals surface area (Å²) in [6.45, 7) is 6.21. The molecule has 1 aliphatic heterocycles. The summed E-state index contributed by atoms with van der Waals surface area (Å²) in [5.74, 6) is 0. The fourth-order valence-electron chi connectivity index (χ4n) is 2.06. The maximum Gasteiger partial charge on any atom is 0.211 e. The van der Waals surface area contributed by atoms with Crippen molar-refractivity contribution >= 4 is 10.0 Å². The molecule has 0 saturated carbocycles. The summed E-state index contributed by atoms with van der Waals surface area (Å²) in [6, 6.07) is 2.12. The fourth-order valence-corrected chi connectivity index (χ4v) is 2.88. The molecule has 1 saturated heterocycles. The van der Waals surface area contributed by atoms with Crippen molar-refractivity contribution in [2.24, 2.45) is 0 Å². The van der Waals surface area contributed by atoms with Gasteiger partial charge in [0.2, 0.25) is 10.0 Å². The summed E-state index contributed by atoms with van der Waals surface area (Å²) in [5.41, 5.74) is 0. The fraction of sp³-hybridized carbons (Fsp3) is 0.909. The first kappa shape index (κ1) is 15.4. The van der Waals surface area contributed by atoms with Gasteiger partial charge in [-0.1, -0.05) is 6.92 Å². The summed E-state index contributed by atoms with van der Waals surface area (Å²) in [6.07, 6.45) is 2.03. The molecule has 18 heavy (non-hydrogen) atoms. The van der Waals surface area contributed by atoms with Gasteiger partial charge in [-0.2, -0.15) is 9.57 Å². The average Bonchev–Trinajstić information content (AvgIpc) is 2.34. The molecular formula is C11H22N4O2S. The smallest absolute Gasteiger partial charge is 0.211 e. The van der Waals surface area contributed by atoms with Gasteiger partial charge >= 0.3 is 0 Å². The Bertz CT molecular complexity index is 382. The average molecular weight is 274 g/mol. The van der Waals surface area contributed by atoms with Crippen LogP contribution >= 0.6 is 0 Å². The molecule has 7 heteroatoms. The van der Waals surface area contributed by atoms with Crippen LogP contribution in [-0.2, 0) is 10.0 Å². The second kappa shape index (κ2) is 7.04. The SMILES string of the molecule is CCNC(C#N)CCN1CCN(S(C)(=O)=O)CC1. The van der Waals surface area contributed by atoms with Gasteiger partial charge in [0.05, 0.1) is 18.4 Å². The summed E-state index contributed by atoms with van der Waals surface area (Å²) in [7, 11) is -3.05. The molecule has 0 aromatic rings. The largest absolute Gasteiger partial charge is 0.302 e. The van der Waals surface area contributed by atoms with E-state index in [1.165, 1.54) is 10.6 Å². The zero-order chi connectivity index (χ0) is 13.6. The molecule has 1 fully saturated rings. The number of hydrogen-bond donors (Lipinski definition) is 1. The summed E-state index contributed by atoms with van der Waals surface area (Å²) in [5, 5.41) is 12.0. The Morgan fingerprint density at radius 1 is 1.33 bits per heavy atom. The molecule has 0 spiro atoms. The van der Waals surface area contributed by atoms with Crippen LogP contribution in [0.4, 0.5) is 0 Å². The van der Waals surface area contributed by atoms with Crippen LogP contribution < -0.4 is 5.32 Å². The van der Waals surface area contributed by atoms with E-state index >= 15 is 0 Å². The molecule has 1 aliphatic rings. The molecule has 104 valence electrons. The second-order valence-corrected chi connectivity index (χ2v) is 6.51. The number of sulfonamides is 1. The molecule has 0 bridgehead atoms. The predicted molar refractivity (Wildman–Crippen MR) is 70.6 cm³/mol. The molecule has 6 nitrogen and oxygen atoms in total. The first-order valence-corrected chi connectivity index (χ1v) is 8.12. The van der Waals surface area contributed by atoms with Crippen LogP contribution in [0.15, 0.2) is 0 Å². The monoisotopic (exact) mass is 274 g/mol. The zero-order valence-electron chi connectivity index (χ0n) is 11.1. The number of nitrogens with one attached hydrogen (secondary N) is 1. The van der Waals surface area contributed by atoms with Crippen molar-refractivity contribution in [2.45, 2.75) is 19.4 Å². The van der Waals surface area contributed by atoms with Gasteiger partial charge in [0.1, 0.15) is 0 Å². The molecule has 1 heterocycles. The van der Waals surface area contributed by atoms with Crippen LogP contribution in [0.5, 0.6) is 0 Å². The Morgan fingerprint density at radius 3 is 2.39 bits per heavy atom. The highest BCUT2D eigenvalue weighted by atomic mass is 32.2. The Labute approximate surface area is 110 Å². The van der Waals surface area contributed by atoms with E-state index in [-0.39, 0.29) is 6.04 Å². The zero-order valence-corrected chi connectivity index (χ0v) is 11.9. The number of hydrogen-bond acceptors (Lipinski definition) is 5. The van der Waals surface area contributed by atoms with E-state index in [0.29, 0.717) is 13.1 Å². The highest BCUT2D eigenvalue weighted by molar-refractivity contribution is 7.88. The standard InChI is InChI=1S/C11H22N4O2S/c1-3-13-11(10-12)4-5-14-6-8-15(9-7-14)18(2,16)17/h11,13H,3-9H2,1-2H3. The van der Waals surface area contributed by atoms with Crippen molar-refractivity contribution in [3.8, 4) is 6.07 Å². The van der Waals surface area contributed by atoms with Crippen molar-refractivity contribution in [3.05, 3.63) is 0 Å². The van der Waals surface area contributed by atoms with E-state index in [2.05, 4.69) is 16.3 Å². The van der Waals surface area contributed by atoms with E-state index in [1.54, 1.807) is 0 Å². The lowest BCUT2D eigenvalue weighted by Gasteiger charge is -2.33.